The molecule has 2 N–H and O–H groups in total. The van der Waals surface area contributed by atoms with Crippen molar-refractivity contribution >= 4 is 11.8 Å². The predicted molar refractivity (Wildman–Crippen MR) is 84.3 cm³/mol. The van der Waals surface area contributed by atoms with E-state index in [1.54, 1.807) is 12.4 Å². The van der Waals surface area contributed by atoms with Crippen molar-refractivity contribution in [3.63, 3.8) is 0 Å². The van der Waals surface area contributed by atoms with Gasteiger partial charge in [0, 0.05) is 37.5 Å². The Morgan fingerprint density at radius 3 is 2.35 bits per heavy atom. The van der Waals surface area contributed by atoms with Crippen molar-refractivity contribution in [3.8, 4) is 0 Å². The molecular weight excluding hydrogens is 297 g/mol. The van der Waals surface area contributed by atoms with Crippen LogP contribution in [0.5, 0.6) is 0 Å². The fraction of sp³-hybridized carbons (Fsp3) is 0.235. The SMILES string of the molecule is O=C(CCNC(=O)c1ccc(F)cc1)NCCc1ccncc1. The van der Waals surface area contributed by atoms with E-state index in [-0.39, 0.29) is 24.8 Å². The molecule has 0 saturated carbocycles. The van der Waals surface area contributed by atoms with Gasteiger partial charge in [-0.2, -0.15) is 0 Å². The summed E-state index contributed by atoms with van der Waals surface area (Å²) in [5.41, 5.74) is 1.47. The molecule has 2 amide bonds. The zero-order chi connectivity index (χ0) is 16.5. The smallest absolute Gasteiger partial charge is 0.251 e. The van der Waals surface area contributed by atoms with Crippen LogP contribution in [-0.4, -0.2) is 29.9 Å². The lowest BCUT2D eigenvalue weighted by Gasteiger charge is -2.07. The number of nitrogens with zero attached hydrogens (tertiary/aromatic N) is 1. The third-order valence-electron chi connectivity index (χ3n) is 3.23. The molecule has 5 nitrogen and oxygen atoms in total. The molecule has 0 aliphatic rings. The molecule has 1 aromatic heterocycles. The van der Waals surface area contributed by atoms with Gasteiger partial charge in [-0.15, -0.1) is 0 Å². The maximum Gasteiger partial charge on any atom is 0.251 e. The summed E-state index contributed by atoms with van der Waals surface area (Å²) in [6.45, 7) is 0.770. The van der Waals surface area contributed by atoms with Crippen LogP contribution < -0.4 is 10.6 Å². The summed E-state index contributed by atoms with van der Waals surface area (Å²) in [4.78, 5) is 27.4. The number of nitrogens with one attached hydrogen (secondary N) is 2. The molecule has 0 bridgehead atoms. The molecule has 1 aromatic carbocycles. The van der Waals surface area contributed by atoms with Gasteiger partial charge in [-0.05, 0) is 48.4 Å². The fourth-order valence-corrected chi connectivity index (χ4v) is 1.98. The normalized spacial score (nSPS) is 10.1. The van der Waals surface area contributed by atoms with Crippen LogP contribution in [0, 0.1) is 5.82 Å². The maximum absolute atomic E-state index is 12.8. The molecule has 0 radical (unpaired) electrons. The molecule has 1 heterocycles. The second-order valence-electron chi connectivity index (χ2n) is 4.97. The molecule has 0 atom stereocenters. The van der Waals surface area contributed by atoms with Gasteiger partial charge < -0.3 is 10.6 Å². The monoisotopic (exact) mass is 315 g/mol. The number of amides is 2. The molecule has 23 heavy (non-hydrogen) atoms. The van der Waals surface area contributed by atoms with Crippen molar-refractivity contribution in [2.45, 2.75) is 12.8 Å². The van der Waals surface area contributed by atoms with Gasteiger partial charge in [0.15, 0.2) is 0 Å². The maximum atomic E-state index is 12.8. The van der Waals surface area contributed by atoms with E-state index in [9.17, 15) is 14.0 Å². The lowest BCUT2D eigenvalue weighted by atomic mass is 10.2. The van der Waals surface area contributed by atoms with E-state index in [1.807, 2.05) is 12.1 Å². The number of hydrogen-bond donors (Lipinski definition) is 2. The average Bonchev–Trinajstić information content (AvgIpc) is 2.56. The van der Waals surface area contributed by atoms with E-state index < -0.39 is 5.82 Å². The Morgan fingerprint density at radius 2 is 1.65 bits per heavy atom. The Morgan fingerprint density at radius 1 is 0.957 bits per heavy atom. The van der Waals surface area contributed by atoms with Crippen LogP contribution in [0.1, 0.15) is 22.3 Å². The van der Waals surface area contributed by atoms with Crippen molar-refractivity contribution in [1.29, 1.82) is 0 Å². The molecule has 0 spiro atoms. The highest BCUT2D eigenvalue weighted by atomic mass is 19.1. The lowest BCUT2D eigenvalue weighted by Crippen LogP contribution is -2.31. The topological polar surface area (TPSA) is 71.1 Å². The fourth-order valence-electron chi connectivity index (χ4n) is 1.98. The molecular formula is C17H18FN3O2. The number of hydrogen-bond acceptors (Lipinski definition) is 3. The molecule has 0 saturated heterocycles. The summed E-state index contributed by atoms with van der Waals surface area (Å²) in [6.07, 6.45) is 4.35. The summed E-state index contributed by atoms with van der Waals surface area (Å²) >= 11 is 0. The van der Waals surface area contributed by atoms with Crippen LogP contribution >= 0.6 is 0 Å². The Hall–Kier alpha value is -2.76. The Kier molecular flexibility index (Phi) is 6.23. The zero-order valence-electron chi connectivity index (χ0n) is 12.6. The van der Waals surface area contributed by atoms with Crippen molar-refractivity contribution in [2.75, 3.05) is 13.1 Å². The predicted octanol–water partition coefficient (Wildman–Crippen LogP) is 1.70. The largest absolute Gasteiger partial charge is 0.356 e. The van der Waals surface area contributed by atoms with Gasteiger partial charge >= 0.3 is 0 Å². The van der Waals surface area contributed by atoms with E-state index in [2.05, 4.69) is 15.6 Å². The van der Waals surface area contributed by atoms with Crippen molar-refractivity contribution in [1.82, 2.24) is 15.6 Å². The van der Waals surface area contributed by atoms with Crippen molar-refractivity contribution in [3.05, 3.63) is 65.7 Å². The van der Waals surface area contributed by atoms with Crippen molar-refractivity contribution < 1.29 is 14.0 Å². The van der Waals surface area contributed by atoms with Gasteiger partial charge in [-0.3, -0.25) is 14.6 Å². The van der Waals surface area contributed by atoms with Crippen LogP contribution in [0.2, 0.25) is 0 Å². The summed E-state index contributed by atoms with van der Waals surface area (Å²) in [5.74, 6) is -0.844. The Balaban J connectivity index is 1.62. The minimum absolute atomic E-state index is 0.126. The summed E-state index contributed by atoms with van der Waals surface area (Å²) in [7, 11) is 0. The van der Waals surface area contributed by atoms with Crippen LogP contribution in [0.3, 0.4) is 0 Å². The highest BCUT2D eigenvalue weighted by Gasteiger charge is 2.06. The van der Waals surface area contributed by atoms with Gasteiger partial charge in [0.2, 0.25) is 5.91 Å². The standard InChI is InChI=1S/C17H18FN3O2/c18-15-3-1-14(2-4-15)17(23)21-12-8-16(22)20-11-7-13-5-9-19-10-6-13/h1-6,9-10H,7-8,11-12H2,(H,20,22)(H,21,23). The molecule has 6 heteroatoms. The third kappa shape index (κ3) is 5.86. The minimum atomic E-state index is -0.393. The number of halogens is 1. The minimum Gasteiger partial charge on any atom is -0.356 e. The zero-order valence-corrected chi connectivity index (χ0v) is 12.6. The first kappa shape index (κ1) is 16.6. The average molecular weight is 315 g/mol. The number of carbonyl (C=O) groups is 2. The molecule has 2 rings (SSSR count). The second kappa shape index (κ2) is 8.63. The number of carbonyl (C=O) groups excluding carboxylic acids is 2. The first-order valence-electron chi connectivity index (χ1n) is 7.34. The van der Waals surface area contributed by atoms with E-state index in [1.165, 1.54) is 24.3 Å². The van der Waals surface area contributed by atoms with Gasteiger partial charge in [0.25, 0.3) is 5.91 Å². The van der Waals surface area contributed by atoms with Gasteiger partial charge in [0.1, 0.15) is 5.82 Å². The summed E-state index contributed by atoms with van der Waals surface area (Å²) in [6, 6.07) is 9.05. The second-order valence-corrected chi connectivity index (χ2v) is 4.97. The molecule has 120 valence electrons. The number of rotatable bonds is 7. The molecule has 0 aliphatic heterocycles. The van der Waals surface area contributed by atoms with E-state index in [4.69, 9.17) is 0 Å². The molecule has 0 fully saturated rings. The van der Waals surface area contributed by atoms with Crippen molar-refractivity contribution in [2.24, 2.45) is 0 Å². The highest BCUT2D eigenvalue weighted by molar-refractivity contribution is 5.94. The number of pyridine rings is 1. The van der Waals surface area contributed by atoms with Crippen LogP contribution in [-0.2, 0) is 11.2 Å². The Labute approximate surface area is 133 Å². The summed E-state index contributed by atoms with van der Waals surface area (Å²) < 4.78 is 12.8. The van der Waals surface area contributed by atoms with Gasteiger partial charge in [-0.25, -0.2) is 4.39 Å². The van der Waals surface area contributed by atoms with E-state index in [0.717, 1.165) is 12.0 Å². The first-order valence-corrected chi connectivity index (χ1v) is 7.34. The lowest BCUT2D eigenvalue weighted by molar-refractivity contribution is -0.120. The van der Waals surface area contributed by atoms with Gasteiger partial charge in [-0.1, -0.05) is 0 Å². The molecule has 0 aliphatic carbocycles. The van der Waals surface area contributed by atoms with Crippen LogP contribution in [0.4, 0.5) is 4.39 Å². The first-order chi connectivity index (χ1) is 11.1. The van der Waals surface area contributed by atoms with Gasteiger partial charge in [0.05, 0.1) is 0 Å². The van der Waals surface area contributed by atoms with Crippen LogP contribution in [0.25, 0.3) is 0 Å². The summed E-state index contributed by atoms with van der Waals surface area (Å²) in [5, 5.41) is 5.42. The third-order valence-corrected chi connectivity index (χ3v) is 3.23. The Bertz CT molecular complexity index is 645. The van der Waals surface area contributed by atoms with E-state index >= 15 is 0 Å². The van der Waals surface area contributed by atoms with E-state index in [0.29, 0.717) is 12.1 Å². The van der Waals surface area contributed by atoms with Crippen LogP contribution in [0.15, 0.2) is 48.8 Å². The molecule has 2 aromatic rings. The number of benzene rings is 1. The number of aromatic nitrogens is 1. The quantitative estimate of drug-likeness (QED) is 0.817. The molecule has 0 unspecified atom stereocenters. The highest BCUT2D eigenvalue weighted by Crippen LogP contribution is 2.02.